The highest BCUT2D eigenvalue weighted by Gasteiger charge is 2.49. The second-order valence-corrected chi connectivity index (χ2v) is 8.04. The van der Waals surface area contributed by atoms with E-state index in [1.165, 1.54) is 4.68 Å². The van der Waals surface area contributed by atoms with Gasteiger partial charge in [0.1, 0.15) is 5.54 Å². The molecule has 158 valence electrons. The summed E-state index contributed by atoms with van der Waals surface area (Å²) in [6, 6.07) is 15.8. The third kappa shape index (κ3) is 3.99. The fourth-order valence-electron chi connectivity index (χ4n) is 3.19. The van der Waals surface area contributed by atoms with Crippen molar-refractivity contribution in [3.63, 3.8) is 0 Å². The first-order valence-electron chi connectivity index (χ1n) is 9.38. The molecule has 1 atom stereocenters. The maximum Gasteiger partial charge on any atom is 0.344 e. The summed E-state index contributed by atoms with van der Waals surface area (Å²) >= 11 is 1.09. The summed E-state index contributed by atoms with van der Waals surface area (Å²) in [6.45, 7) is 3.55. The minimum absolute atomic E-state index is 0.0920. The van der Waals surface area contributed by atoms with E-state index in [2.05, 4.69) is 26.3 Å². The summed E-state index contributed by atoms with van der Waals surface area (Å²) in [4.78, 5) is 37.7. The number of rotatable bonds is 6. The molecule has 1 aliphatic heterocycles. The minimum atomic E-state index is -1.26. The Labute approximate surface area is 182 Å². The summed E-state index contributed by atoms with van der Waals surface area (Å²) in [5.41, 5.74) is 3.54. The number of thioether (sulfide) groups is 1. The summed E-state index contributed by atoms with van der Waals surface area (Å²) < 4.78 is 1.52. The van der Waals surface area contributed by atoms with Gasteiger partial charge in [-0.05, 0) is 47.5 Å². The van der Waals surface area contributed by atoms with Gasteiger partial charge >= 0.3 is 6.03 Å². The van der Waals surface area contributed by atoms with Crippen LogP contribution in [0.5, 0.6) is 0 Å². The molecule has 0 aliphatic carbocycles. The number of carbonyl (C=O) groups excluding carboxylic acids is 3. The Morgan fingerprint density at radius 3 is 2.68 bits per heavy atom. The number of nitrogens with zero attached hydrogens (tertiary/aromatic N) is 5. The number of carbonyl (C=O) groups is 3. The molecule has 1 aromatic heterocycles. The fourth-order valence-corrected chi connectivity index (χ4v) is 3.87. The van der Waals surface area contributed by atoms with Crippen LogP contribution in [0.4, 0.5) is 4.79 Å². The van der Waals surface area contributed by atoms with E-state index in [-0.39, 0.29) is 5.75 Å². The van der Waals surface area contributed by atoms with E-state index in [0.717, 1.165) is 23.0 Å². The van der Waals surface area contributed by atoms with Crippen molar-refractivity contribution >= 4 is 29.6 Å². The number of hydrogen-bond acceptors (Lipinski definition) is 7. The highest BCUT2D eigenvalue weighted by molar-refractivity contribution is 7.99. The van der Waals surface area contributed by atoms with Gasteiger partial charge < -0.3 is 5.32 Å². The van der Waals surface area contributed by atoms with E-state index >= 15 is 0 Å². The highest BCUT2D eigenvalue weighted by Crippen LogP contribution is 2.27. The van der Waals surface area contributed by atoms with Gasteiger partial charge in [0.15, 0.2) is 0 Å². The van der Waals surface area contributed by atoms with Crippen LogP contribution in [0.1, 0.15) is 18.1 Å². The molecule has 2 heterocycles. The Kier molecular flexibility index (Phi) is 5.42. The Balaban J connectivity index is 1.42. The van der Waals surface area contributed by atoms with E-state index in [4.69, 9.17) is 0 Å². The van der Waals surface area contributed by atoms with Crippen LogP contribution in [0.25, 0.3) is 5.69 Å². The first kappa shape index (κ1) is 20.5. The Hall–Kier alpha value is -3.73. The second-order valence-electron chi connectivity index (χ2n) is 7.10. The van der Waals surface area contributed by atoms with E-state index in [1.807, 2.05) is 37.3 Å². The second kappa shape index (κ2) is 8.19. The topological polar surface area (TPSA) is 122 Å². The van der Waals surface area contributed by atoms with Crippen molar-refractivity contribution in [2.24, 2.45) is 0 Å². The van der Waals surface area contributed by atoms with Gasteiger partial charge in [-0.3, -0.25) is 15.0 Å². The van der Waals surface area contributed by atoms with Crippen LogP contribution in [0.3, 0.4) is 0 Å². The SMILES string of the molecule is Cc1cccc(-n2nnnc2SCC(=O)NN2C(=O)N[C@@](C)(c3ccccc3)C2=O)c1. The zero-order valence-corrected chi connectivity index (χ0v) is 17.6. The molecule has 3 aromatic rings. The predicted octanol–water partition coefficient (Wildman–Crippen LogP) is 1.56. The van der Waals surface area contributed by atoms with Crippen molar-refractivity contribution in [2.45, 2.75) is 24.5 Å². The molecular weight excluding hydrogens is 418 g/mol. The monoisotopic (exact) mass is 437 g/mol. The Morgan fingerprint density at radius 2 is 1.94 bits per heavy atom. The number of imide groups is 1. The minimum Gasteiger partial charge on any atom is -0.318 e. The average molecular weight is 437 g/mol. The molecule has 0 spiro atoms. The molecule has 11 heteroatoms. The molecule has 0 radical (unpaired) electrons. The third-order valence-electron chi connectivity index (χ3n) is 4.80. The molecule has 1 aliphatic rings. The number of aromatic nitrogens is 4. The molecule has 10 nitrogen and oxygen atoms in total. The van der Waals surface area contributed by atoms with Gasteiger partial charge in [-0.1, -0.05) is 54.2 Å². The number of urea groups is 1. The number of hydrazine groups is 1. The largest absolute Gasteiger partial charge is 0.344 e. The van der Waals surface area contributed by atoms with Gasteiger partial charge in [0.05, 0.1) is 11.4 Å². The van der Waals surface area contributed by atoms with Gasteiger partial charge in [0.2, 0.25) is 11.1 Å². The van der Waals surface area contributed by atoms with Gasteiger partial charge in [-0.15, -0.1) is 5.10 Å². The number of benzene rings is 2. The molecule has 2 N–H and O–H groups in total. The highest BCUT2D eigenvalue weighted by atomic mass is 32.2. The lowest BCUT2D eigenvalue weighted by molar-refractivity contribution is -0.138. The molecule has 4 rings (SSSR count). The van der Waals surface area contributed by atoms with E-state index < -0.39 is 23.4 Å². The summed E-state index contributed by atoms with van der Waals surface area (Å²) in [5.74, 6) is -1.19. The van der Waals surface area contributed by atoms with Gasteiger partial charge in [-0.2, -0.15) is 9.69 Å². The first-order valence-corrected chi connectivity index (χ1v) is 10.4. The van der Waals surface area contributed by atoms with Crippen molar-refractivity contribution in [1.82, 2.24) is 36.0 Å². The van der Waals surface area contributed by atoms with Crippen LogP contribution >= 0.6 is 11.8 Å². The standard InChI is InChI=1S/C20H19N7O3S/c1-13-7-6-10-15(11-13)26-19(22-24-25-26)31-12-16(28)23-27-17(29)20(2,21-18(27)30)14-8-4-3-5-9-14/h3-11H,12H2,1-2H3,(H,21,30)(H,23,28)/t20-/m0/s1. The van der Waals surface area contributed by atoms with Crippen LogP contribution in [0.15, 0.2) is 59.8 Å². The lowest BCUT2D eigenvalue weighted by Gasteiger charge is -2.22. The zero-order chi connectivity index (χ0) is 22.0. The van der Waals surface area contributed by atoms with Gasteiger partial charge in [-0.25, -0.2) is 4.79 Å². The lowest BCUT2D eigenvalue weighted by Crippen LogP contribution is -2.48. The zero-order valence-electron chi connectivity index (χ0n) is 16.8. The quantitative estimate of drug-likeness (QED) is 0.443. The normalized spacial score (nSPS) is 18.2. The molecule has 0 bridgehead atoms. The molecule has 1 saturated heterocycles. The number of aryl methyl sites for hydroxylation is 1. The number of amides is 4. The van der Waals surface area contributed by atoms with E-state index in [0.29, 0.717) is 15.7 Å². The Morgan fingerprint density at radius 1 is 1.16 bits per heavy atom. The number of nitrogens with one attached hydrogen (secondary N) is 2. The third-order valence-corrected chi connectivity index (χ3v) is 5.72. The average Bonchev–Trinajstić information content (AvgIpc) is 3.32. The van der Waals surface area contributed by atoms with Crippen molar-refractivity contribution < 1.29 is 14.4 Å². The van der Waals surface area contributed by atoms with Gasteiger partial charge in [0.25, 0.3) is 5.91 Å². The summed E-state index contributed by atoms with van der Waals surface area (Å²) in [7, 11) is 0. The smallest absolute Gasteiger partial charge is 0.318 e. The van der Waals surface area contributed by atoms with Crippen molar-refractivity contribution in [1.29, 1.82) is 0 Å². The van der Waals surface area contributed by atoms with E-state index in [1.54, 1.807) is 31.2 Å². The molecular formula is C20H19N7O3S. The van der Waals surface area contributed by atoms with Crippen molar-refractivity contribution in [3.05, 3.63) is 65.7 Å². The predicted molar refractivity (Wildman–Crippen MR) is 112 cm³/mol. The van der Waals surface area contributed by atoms with Crippen LogP contribution in [-0.4, -0.2) is 48.8 Å². The molecule has 0 unspecified atom stereocenters. The van der Waals surface area contributed by atoms with Crippen LogP contribution in [0.2, 0.25) is 0 Å². The number of hydrogen-bond donors (Lipinski definition) is 2. The summed E-state index contributed by atoms with van der Waals surface area (Å²) in [6.07, 6.45) is 0. The molecule has 31 heavy (non-hydrogen) atoms. The summed E-state index contributed by atoms with van der Waals surface area (Å²) in [5, 5.41) is 15.3. The van der Waals surface area contributed by atoms with Crippen molar-refractivity contribution in [3.8, 4) is 5.69 Å². The Bertz CT molecular complexity index is 1150. The van der Waals surface area contributed by atoms with Crippen LogP contribution in [0, 0.1) is 6.92 Å². The van der Waals surface area contributed by atoms with Crippen molar-refractivity contribution in [2.75, 3.05) is 5.75 Å². The number of tetrazole rings is 1. The molecule has 4 amide bonds. The van der Waals surface area contributed by atoms with E-state index in [9.17, 15) is 14.4 Å². The maximum atomic E-state index is 12.9. The van der Waals surface area contributed by atoms with Gasteiger partial charge in [0, 0.05) is 0 Å². The van der Waals surface area contributed by atoms with Crippen LogP contribution in [-0.2, 0) is 15.1 Å². The molecule has 1 fully saturated rings. The fraction of sp³-hybridized carbons (Fsp3) is 0.200. The lowest BCUT2D eigenvalue weighted by atomic mass is 9.92. The maximum absolute atomic E-state index is 12.9. The molecule has 0 saturated carbocycles. The first-order chi connectivity index (χ1) is 14.9. The van der Waals surface area contributed by atoms with Crippen LogP contribution < -0.4 is 10.7 Å². The molecule has 2 aromatic carbocycles.